The molecular weight excluding hydrogens is 833 g/mol. The van der Waals surface area contributed by atoms with E-state index in [9.17, 15) is 0 Å². The Morgan fingerprint density at radius 3 is 1.67 bits per heavy atom. The van der Waals surface area contributed by atoms with Crippen LogP contribution in [0.15, 0.2) is 243 Å². The van der Waals surface area contributed by atoms with Gasteiger partial charge in [-0.15, -0.1) is 11.3 Å². The minimum Gasteiger partial charge on any atom is -0.310 e. The van der Waals surface area contributed by atoms with E-state index >= 15 is 0 Å². The largest absolute Gasteiger partial charge is 0.310 e. The normalized spacial score (nSPS) is 11.6. The Morgan fingerprint density at radius 2 is 0.896 bits per heavy atom. The van der Waals surface area contributed by atoms with Gasteiger partial charge in [-0.25, -0.2) is 9.97 Å². The van der Waals surface area contributed by atoms with Crippen molar-refractivity contribution in [1.82, 2.24) is 14.5 Å². The summed E-state index contributed by atoms with van der Waals surface area (Å²) in [6.07, 6.45) is 0. The summed E-state index contributed by atoms with van der Waals surface area (Å²) in [7, 11) is 0. The summed E-state index contributed by atoms with van der Waals surface area (Å²) >= 11 is 1.84. The van der Waals surface area contributed by atoms with Crippen LogP contribution >= 0.6 is 11.3 Å². The molecule has 0 radical (unpaired) electrons. The first-order valence-corrected chi connectivity index (χ1v) is 23.5. The topological polar surface area (TPSA) is 34.0 Å². The fraction of sp³-hybridized carbons (Fsp3) is 0. The van der Waals surface area contributed by atoms with Crippen LogP contribution in [0.5, 0.6) is 0 Å². The molecule has 0 aliphatic heterocycles. The molecule has 314 valence electrons. The summed E-state index contributed by atoms with van der Waals surface area (Å²) in [5.41, 5.74) is 15.1. The van der Waals surface area contributed by atoms with Crippen molar-refractivity contribution >= 4 is 81.3 Å². The van der Waals surface area contributed by atoms with E-state index in [0.29, 0.717) is 5.82 Å². The van der Waals surface area contributed by atoms with Crippen LogP contribution in [0, 0.1) is 0 Å². The first kappa shape index (κ1) is 38.8. The molecule has 0 aliphatic carbocycles. The molecule has 4 nitrogen and oxygen atoms in total. The molecule has 67 heavy (non-hydrogen) atoms. The standard InChI is InChI=1S/C62H40N4S/c1-3-14-41(15-4-1)43-26-28-45(29-27-43)61-54-22-7-10-23-56(54)63-62(64-61)46-32-36-52-51-20-8-11-24-57(51)66(58(52)38-46)49-19-13-18-48(39-49)65(47-33-30-44(31-34-47)42-16-5-2-6-17-42)50-35-37-60-55(40-50)53-21-9-12-25-59(53)67-60/h1-40H. The molecule has 0 N–H and O–H groups in total. The maximum Gasteiger partial charge on any atom is 0.160 e. The molecule has 0 saturated carbocycles. The van der Waals surface area contributed by atoms with Gasteiger partial charge in [0.2, 0.25) is 0 Å². The van der Waals surface area contributed by atoms with Gasteiger partial charge in [0.25, 0.3) is 0 Å². The summed E-state index contributed by atoms with van der Waals surface area (Å²) in [5.74, 6) is 0.690. The van der Waals surface area contributed by atoms with Gasteiger partial charge in [-0.2, -0.15) is 0 Å². The third-order valence-corrected chi connectivity index (χ3v) is 14.1. The molecule has 0 aliphatic rings. The third-order valence-electron chi connectivity index (χ3n) is 13.0. The number of aromatic nitrogens is 3. The van der Waals surface area contributed by atoms with Crippen LogP contribution in [0.4, 0.5) is 17.1 Å². The zero-order valence-electron chi connectivity index (χ0n) is 36.3. The molecular formula is C62H40N4S. The van der Waals surface area contributed by atoms with Crippen LogP contribution in [-0.4, -0.2) is 14.5 Å². The van der Waals surface area contributed by atoms with Crippen molar-refractivity contribution in [3.05, 3.63) is 243 Å². The molecule has 3 aromatic heterocycles. The second-order valence-corrected chi connectivity index (χ2v) is 18.1. The van der Waals surface area contributed by atoms with Crippen molar-refractivity contribution in [3.63, 3.8) is 0 Å². The number of hydrogen-bond acceptors (Lipinski definition) is 4. The number of para-hydroxylation sites is 2. The second kappa shape index (κ2) is 16.1. The van der Waals surface area contributed by atoms with E-state index in [-0.39, 0.29) is 0 Å². The fourth-order valence-corrected chi connectivity index (χ4v) is 10.9. The molecule has 0 bridgehead atoms. The van der Waals surface area contributed by atoms with Crippen LogP contribution in [-0.2, 0) is 0 Å². The molecule has 10 aromatic carbocycles. The lowest BCUT2D eigenvalue weighted by Crippen LogP contribution is -2.10. The minimum absolute atomic E-state index is 0.690. The van der Waals surface area contributed by atoms with Gasteiger partial charge in [0.15, 0.2) is 5.82 Å². The predicted octanol–water partition coefficient (Wildman–Crippen LogP) is 17.2. The molecule has 13 rings (SSSR count). The van der Waals surface area contributed by atoms with Crippen molar-refractivity contribution in [1.29, 1.82) is 0 Å². The minimum atomic E-state index is 0.690. The molecule has 0 amide bonds. The van der Waals surface area contributed by atoms with Gasteiger partial charge in [0.05, 0.1) is 22.2 Å². The van der Waals surface area contributed by atoms with Gasteiger partial charge in [0, 0.05) is 70.2 Å². The molecule has 0 atom stereocenters. The monoisotopic (exact) mass is 872 g/mol. The zero-order chi connectivity index (χ0) is 44.3. The quantitative estimate of drug-likeness (QED) is 0.153. The average Bonchev–Trinajstić information content (AvgIpc) is 3.94. The smallest absolute Gasteiger partial charge is 0.160 e. The summed E-state index contributed by atoms with van der Waals surface area (Å²) < 4.78 is 4.97. The zero-order valence-corrected chi connectivity index (χ0v) is 37.1. The highest BCUT2D eigenvalue weighted by Gasteiger charge is 2.20. The molecule has 0 fully saturated rings. The Morgan fingerprint density at radius 1 is 0.328 bits per heavy atom. The second-order valence-electron chi connectivity index (χ2n) is 17.0. The summed E-state index contributed by atoms with van der Waals surface area (Å²) in [6, 6.07) is 87.0. The maximum absolute atomic E-state index is 5.35. The SMILES string of the molecule is c1ccc(-c2ccc(-c3nc(-c4ccc5c6ccccc6n(-c6cccc(N(c7ccc(-c8ccccc8)cc7)c7ccc8sc9ccccc9c8c7)c6)c5c4)nc4ccccc34)cc2)cc1. The Hall–Kier alpha value is -8.64. The van der Waals surface area contributed by atoms with E-state index in [2.05, 4.69) is 252 Å². The Balaban J connectivity index is 0.958. The summed E-state index contributed by atoms with van der Waals surface area (Å²) in [4.78, 5) is 12.9. The number of rotatable bonds is 8. The van der Waals surface area contributed by atoms with Crippen LogP contribution < -0.4 is 4.90 Å². The maximum atomic E-state index is 5.35. The van der Waals surface area contributed by atoms with Gasteiger partial charge in [-0.05, 0) is 95.1 Å². The molecule has 5 heteroatoms. The van der Waals surface area contributed by atoms with Crippen LogP contribution in [0.3, 0.4) is 0 Å². The highest BCUT2D eigenvalue weighted by Crippen LogP contribution is 2.43. The molecule has 13 aromatic rings. The Labute approximate surface area is 391 Å². The van der Waals surface area contributed by atoms with Gasteiger partial charge in [0.1, 0.15) is 0 Å². The molecule has 0 unspecified atom stereocenters. The van der Waals surface area contributed by atoms with Crippen LogP contribution in [0.2, 0.25) is 0 Å². The Bertz CT molecular complexity index is 3970. The van der Waals surface area contributed by atoms with Crippen molar-refractivity contribution in [2.75, 3.05) is 4.90 Å². The van der Waals surface area contributed by atoms with Crippen molar-refractivity contribution in [2.45, 2.75) is 0 Å². The highest BCUT2D eigenvalue weighted by molar-refractivity contribution is 7.25. The molecule has 0 spiro atoms. The van der Waals surface area contributed by atoms with Gasteiger partial charge in [-0.1, -0.05) is 170 Å². The Kier molecular flexibility index (Phi) is 9.32. The lowest BCUT2D eigenvalue weighted by atomic mass is 10.0. The number of fused-ring (bicyclic) bond motifs is 7. The lowest BCUT2D eigenvalue weighted by molar-refractivity contribution is 1.17. The van der Waals surface area contributed by atoms with Gasteiger partial charge < -0.3 is 9.47 Å². The first-order valence-electron chi connectivity index (χ1n) is 22.6. The van der Waals surface area contributed by atoms with E-state index < -0.39 is 0 Å². The number of anilines is 3. The number of nitrogens with zero attached hydrogens (tertiary/aromatic N) is 4. The van der Waals surface area contributed by atoms with Gasteiger partial charge >= 0.3 is 0 Å². The van der Waals surface area contributed by atoms with Crippen LogP contribution in [0.1, 0.15) is 0 Å². The lowest BCUT2D eigenvalue weighted by Gasteiger charge is -2.26. The average molecular weight is 873 g/mol. The molecule has 3 heterocycles. The first-order chi connectivity index (χ1) is 33.2. The number of hydrogen-bond donors (Lipinski definition) is 0. The summed E-state index contributed by atoms with van der Waals surface area (Å²) in [6.45, 7) is 0. The predicted molar refractivity (Wildman–Crippen MR) is 283 cm³/mol. The van der Waals surface area contributed by atoms with Crippen molar-refractivity contribution < 1.29 is 0 Å². The van der Waals surface area contributed by atoms with E-state index in [1.807, 2.05) is 11.3 Å². The highest BCUT2D eigenvalue weighted by atomic mass is 32.1. The van der Waals surface area contributed by atoms with Gasteiger partial charge in [-0.3, -0.25) is 0 Å². The third kappa shape index (κ3) is 6.84. The van der Waals surface area contributed by atoms with E-state index in [0.717, 1.165) is 61.5 Å². The van der Waals surface area contributed by atoms with Crippen molar-refractivity contribution in [2.24, 2.45) is 0 Å². The van der Waals surface area contributed by atoms with E-state index in [1.54, 1.807) is 0 Å². The van der Waals surface area contributed by atoms with Crippen LogP contribution in [0.25, 0.3) is 103 Å². The molecule has 0 saturated heterocycles. The fourth-order valence-electron chi connectivity index (χ4n) is 9.77. The summed E-state index contributed by atoms with van der Waals surface area (Å²) in [5, 5.41) is 5.93. The number of benzene rings is 10. The number of thiophene rings is 1. The van der Waals surface area contributed by atoms with E-state index in [1.165, 1.54) is 53.2 Å². The van der Waals surface area contributed by atoms with Crippen molar-refractivity contribution in [3.8, 4) is 50.6 Å². The van der Waals surface area contributed by atoms with E-state index in [4.69, 9.17) is 9.97 Å².